The fraction of sp³-hybridized carbons (Fsp3) is 0.346. The lowest BCUT2D eigenvalue weighted by Crippen LogP contribution is -2.38. The van der Waals surface area contributed by atoms with E-state index in [1.54, 1.807) is 56.1 Å². The predicted molar refractivity (Wildman–Crippen MR) is 128 cm³/mol. The van der Waals surface area contributed by atoms with Crippen LogP contribution < -0.4 is 5.32 Å². The van der Waals surface area contributed by atoms with E-state index in [4.69, 9.17) is 9.47 Å². The number of aromatic nitrogens is 1. The summed E-state index contributed by atoms with van der Waals surface area (Å²) in [7, 11) is 0. The van der Waals surface area contributed by atoms with Crippen LogP contribution in [0.3, 0.4) is 0 Å². The topological polar surface area (TPSA) is 89.9 Å². The zero-order chi connectivity index (χ0) is 24.3. The van der Waals surface area contributed by atoms with Crippen molar-refractivity contribution in [1.82, 2.24) is 14.8 Å². The molecule has 178 valence electrons. The van der Waals surface area contributed by atoms with Crippen molar-refractivity contribution >= 4 is 29.0 Å². The Morgan fingerprint density at radius 1 is 1.03 bits per heavy atom. The Balaban J connectivity index is 1.36. The number of hydrogen-bond acceptors (Lipinski definition) is 5. The van der Waals surface area contributed by atoms with Gasteiger partial charge in [-0.1, -0.05) is 36.4 Å². The van der Waals surface area contributed by atoms with Gasteiger partial charge in [-0.15, -0.1) is 0 Å². The first-order valence-electron chi connectivity index (χ1n) is 11.3. The van der Waals surface area contributed by atoms with Gasteiger partial charge in [0.05, 0.1) is 5.52 Å². The molecule has 1 fully saturated rings. The Hall–Kier alpha value is -3.81. The fourth-order valence-corrected chi connectivity index (χ4v) is 3.86. The molecule has 8 heteroatoms. The van der Waals surface area contributed by atoms with E-state index in [0.717, 1.165) is 10.9 Å². The van der Waals surface area contributed by atoms with Crippen LogP contribution in [0.2, 0.25) is 0 Å². The molecule has 0 saturated carbocycles. The highest BCUT2D eigenvalue weighted by atomic mass is 16.6. The Morgan fingerprint density at radius 3 is 2.53 bits per heavy atom. The molecular formula is C26H29N3O5. The Bertz CT molecular complexity index is 1200. The van der Waals surface area contributed by atoms with Crippen molar-refractivity contribution in [2.45, 2.75) is 45.4 Å². The van der Waals surface area contributed by atoms with Gasteiger partial charge in [-0.25, -0.2) is 9.59 Å². The molecule has 34 heavy (non-hydrogen) atoms. The third-order valence-electron chi connectivity index (χ3n) is 5.53. The zero-order valence-electron chi connectivity index (χ0n) is 19.6. The minimum Gasteiger partial charge on any atom is -0.445 e. The second kappa shape index (κ2) is 9.59. The molecule has 2 amide bonds. The summed E-state index contributed by atoms with van der Waals surface area (Å²) in [5.41, 5.74) is 1.33. The van der Waals surface area contributed by atoms with Crippen LogP contribution in [-0.4, -0.2) is 52.3 Å². The molecule has 0 aliphatic carbocycles. The van der Waals surface area contributed by atoms with Crippen molar-refractivity contribution < 1.29 is 23.9 Å². The van der Waals surface area contributed by atoms with Crippen LogP contribution in [0.15, 0.2) is 60.8 Å². The summed E-state index contributed by atoms with van der Waals surface area (Å²) in [6, 6.07) is 16.3. The van der Waals surface area contributed by atoms with E-state index >= 15 is 0 Å². The lowest BCUT2D eigenvalue weighted by molar-refractivity contribution is 0.0544. The molecule has 1 aliphatic rings. The Morgan fingerprint density at radius 2 is 1.79 bits per heavy atom. The molecule has 2 heterocycles. The van der Waals surface area contributed by atoms with E-state index < -0.39 is 17.8 Å². The molecule has 0 spiro atoms. The van der Waals surface area contributed by atoms with Crippen LogP contribution in [0.25, 0.3) is 10.9 Å². The lowest BCUT2D eigenvalue weighted by atomic mass is 10.1. The number of nitrogens with zero attached hydrogens (tertiary/aromatic N) is 2. The number of amides is 2. The summed E-state index contributed by atoms with van der Waals surface area (Å²) in [6.45, 7) is 6.52. The minimum absolute atomic E-state index is 0.176. The molecule has 1 aromatic heterocycles. The van der Waals surface area contributed by atoms with E-state index in [2.05, 4.69) is 5.32 Å². The van der Waals surface area contributed by atoms with E-state index in [-0.39, 0.29) is 18.6 Å². The molecule has 0 bridgehead atoms. The van der Waals surface area contributed by atoms with Gasteiger partial charge in [0.25, 0.3) is 5.91 Å². The average molecular weight is 464 g/mol. The quantitative estimate of drug-likeness (QED) is 0.612. The van der Waals surface area contributed by atoms with Gasteiger partial charge in [0.15, 0.2) is 0 Å². The van der Waals surface area contributed by atoms with Crippen molar-refractivity contribution in [2.24, 2.45) is 0 Å². The van der Waals surface area contributed by atoms with Crippen LogP contribution in [0.1, 0.15) is 43.1 Å². The molecule has 1 N–H and O–H groups in total. The first kappa shape index (κ1) is 23.4. The van der Waals surface area contributed by atoms with Gasteiger partial charge < -0.3 is 19.7 Å². The number of carbonyl (C=O) groups is 3. The maximum Gasteiger partial charge on any atom is 0.418 e. The van der Waals surface area contributed by atoms with Gasteiger partial charge in [-0.05, 0) is 51.0 Å². The lowest BCUT2D eigenvalue weighted by Gasteiger charge is -2.20. The van der Waals surface area contributed by atoms with E-state index in [9.17, 15) is 14.4 Å². The number of benzene rings is 2. The number of rotatable bonds is 4. The Labute approximate surface area is 198 Å². The third kappa shape index (κ3) is 5.57. The van der Waals surface area contributed by atoms with Crippen LogP contribution in [0.5, 0.6) is 0 Å². The number of ether oxygens (including phenoxy) is 2. The Kier molecular flexibility index (Phi) is 6.58. The summed E-state index contributed by atoms with van der Waals surface area (Å²) in [5.74, 6) is -0.261. The highest BCUT2D eigenvalue weighted by molar-refractivity contribution is 5.99. The molecule has 8 nitrogen and oxygen atoms in total. The van der Waals surface area contributed by atoms with Gasteiger partial charge in [0.2, 0.25) is 0 Å². The van der Waals surface area contributed by atoms with Gasteiger partial charge in [-0.2, -0.15) is 0 Å². The molecule has 1 saturated heterocycles. The predicted octanol–water partition coefficient (Wildman–Crippen LogP) is 4.57. The number of hydrogen-bond donors (Lipinski definition) is 1. The van der Waals surface area contributed by atoms with E-state index in [1.807, 2.05) is 30.3 Å². The SMILES string of the molecule is CC(C)(C)OC(=O)n1ccc2ccc(C(=O)N[C@@H]3CCN(C(=O)OCc4ccccc4)C3)cc21. The molecule has 4 rings (SSSR count). The van der Waals surface area contributed by atoms with E-state index in [0.29, 0.717) is 30.6 Å². The smallest absolute Gasteiger partial charge is 0.418 e. The number of likely N-dealkylation sites (tertiary alicyclic amines) is 1. The van der Waals surface area contributed by atoms with E-state index in [1.165, 1.54) is 4.57 Å². The molecule has 0 unspecified atom stereocenters. The molecule has 1 aliphatic heterocycles. The van der Waals surface area contributed by atoms with Crippen LogP contribution in [0, 0.1) is 0 Å². The van der Waals surface area contributed by atoms with Crippen LogP contribution in [0.4, 0.5) is 9.59 Å². The van der Waals surface area contributed by atoms with Crippen LogP contribution >= 0.6 is 0 Å². The second-order valence-corrected chi connectivity index (χ2v) is 9.38. The summed E-state index contributed by atoms with van der Waals surface area (Å²) < 4.78 is 12.2. The molecular weight excluding hydrogens is 434 g/mol. The van der Waals surface area contributed by atoms with Crippen molar-refractivity contribution in [3.63, 3.8) is 0 Å². The van der Waals surface area contributed by atoms with Gasteiger partial charge >= 0.3 is 12.2 Å². The largest absolute Gasteiger partial charge is 0.445 e. The summed E-state index contributed by atoms with van der Waals surface area (Å²) in [4.78, 5) is 39.4. The van der Waals surface area contributed by atoms with Crippen molar-refractivity contribution in [1.29, 1.82) is 0 Å². The minimum atomic E-state index is -0.626. The number of nitrogens with one attached hydrogen (secondary N) is 1. The van der Waals surface area contributed by atoms with Crippen molar-refractivity contribution in [3.05, 3.63) is 71.9 Å². The van der Waals surface area contributed by atoms with Crippen molar-refractivity contribution in [2.75, 3.05) is 13.1 Å². The second-order valence-electron chi connectivity index (χ2n) is 9.38. The van der Waals surface area contributed by atoms with Gasteiger partial charge in [0, 0.05) is 36.3 Å². The van der Waals surface area contributed by atoms with Gasteiger partial charge in [-0.3, -0.25) is 9.36 Å². The standard InChI is InChI=1S/C26H29N3O5/c1-26(2,3)34-25(32)29-14-11-19-9-10-20(15-22(19)29)23(30)27-21-12-13-28(16-21)24(31)33-17-18-7-5-4-6-8-18/h4-11,14-15,21H,12-13,16-17H2,1-3H3,(H,27,30)/t21-/m1/s1. The molecule has 1 atom stereocenters. The summed E-state index contributed by atoms with van der Waals surface area (Å²) in [6.07, 6.45) is 1.39. The maximum absolute atomic E-state index is 12.9. The molecule has 2 aromatic carbocycles. The average Bonchev–Trinajstić information content (AvgIpc) is 3.43. The van der Waals surface area contributed by atoms with Gasteiger partial charge in [0.1, 0.15) is 12.2 Å². The zero-order valence-corrected chi connectivity index (χ0v) is 19.6. The fourth-order valence-electron chi connectivity index (χ4n) is 3.86. The third-order valence-corrected chi connectivity index (χ3v) is 5.53. The highest BCUT2D eigenvalue weighted by Gasteiger charge is 2.29. The first-order valence-corrected chi connectivity index (χ1v) is 11.3. The normalized spacial score (nSPS) is 15.9. The maximum atomic E-state index is 12.9. The summed E-state index contributed by atoms with van der Waals surface area (Å²) in [5, 5.41) is 3.81. The first-order chi connectivity index (χ1) is 16.2. The monoisotopic (exact) mass is 463 g/mol. The van der Waals surface area contributed by atoms with Crippen molar-refractivity contribution in [3.8, 4) is 0 Å². The number of carbonyl (C=O) groups excluding carboxylic acids is 3. The summed E-state index contributed by atoms with van der Waals surface area (Å²) >= 11 is 0. The molecule has 3 aromatic rings. The highest BCUT2D eigenvalue weighted by Crippen LogP contribution is 2.20. The van der Waals surface area contributed by atoms with Crippen LogP contribution in [-0.2, 0) is 16.1 Å². The molecule has 0 radical (unpaired) electrons. The number of fused-ring (bicyclic) bond motifs is 1.